The number of ether oxygens (including phenoxy) is 1. The Morgan fingerprint density at radius 3 is 2.71 bits per heavy atom. The van der Waals surface area contributed by atoms with E-state index in [2.05, 4.69) is 17.6 Å². The highest BCUT2D eigenvalue weighted by atomic mass is 16.6. The van der Waals surface area contributed by atoms with E-state index in [-0.39, 0.29) is 24.6 Å². The number of hydrogen-bond donors (Lipinski definition) is 4. The van der Waals surface area contributed by atoms with Crippen LogP contribution >= 0.6 is 0 Å². The third kappa shape index (κ3) is 6.27. The standard InChI is InChI=1S/C14H29N3O4/c1-4-5-6-15-9-12(18)16-8-10-7-11(17(2)3)13(19)14(20)21-10/h10-11,13-15,19-20H,4-9H2,1-3H3,(H,16,18)/t10-,11?,13?,14+/m0/s1. The molecule has 4 N–H and O–H groups in total. The number of aliphatic hydroxyl groups excluding tert-OH is 2. The molecule has 2 unspecified atom stereocenters. The van der Waals surface area contributed by atoms with E-state index in [0.717, 1.165) is 19.4 Å². The van der Waals surface area contributed by atoms with Crippen LogP contribution in [0.3, 0.4) is 0 Å². The molecule has 4 atom stereocenters. The van der Waals surface area contributed by atoms with Gasteiger partial charge in [-0.25, -0.2) is 0 Å². The minimum atomic E-state index is -1.21. The summed E-state index contributed by atoms with van der Waals surface area (Å²) >= 11 is 0. The summed E-state index contributed by atoms with van der Waals surface area (Å²) in [5.41, 5.74) is 0. The number of nitrogens with one attached hydrogen (secondary N) is 2. The fourth-order valence-electron chi connectivity index (χ4n) is 2.37. The second-order valence-corrected chi connectivity index (χ2v) is 5.74. The molecule has 0 spiro atoms. The number of nitrogens with zero attached hydrogens (tertiary/aromatic N) is 1. The average Bonchev–Trinajstić information content (AvgIpc) is 2.44. The zero-order valence-corrected chi connectivity index (χ0v) is 13.2. The predicted molar refractivity (Wildman–Crippen MR) is 79.8 cm³/mol. The van der Waals surface area contributed by atoms with Crippen molar-refractivity contribution >= 4 is 5.91 Å². The number of aliphatic hydroxyl groups is 2. The first-order chi connectivity index (χ1) is 9.95. The molecule has 0 aromatic heterocycles. The van der Waals surface area contributed by atoms with Crippen molar-refractivity contribution in [1.82, 2.24) is 15.5 Å². The lowest BCUT2D eigenvalue weighted by Crippen LogP contribution is -2.56. The molecule has 0 aromatic carbocycles. The van der Waals surface area contributed by atoms with Crippen LogP contribution in [-0.4, -0.2) is 79.3 Å². The van der Waals surface area contributed by atoms with Gasteiger partial charge in [-0.2, -0.15) is 0 Å². The van der Waals surface area contributed by atoms with E-state index in [1.54, 1.807) is 0 Å². The van der Waals surface area contributed by atoms with Crippen molar-refractivity contribution in [3.8, 4) is 0 Å². The molecule has 0 saturated carbocycles. The zero-order chi connectivity index (χ0) is 15.8. The maximum absolute atomic E-state index is 11.7. The summed E-state index contributed by atoms with van der Waals surface area (Å²) in [7, 11) is 3.69. The summed E-state index contributed by atoms with van der Waals surface area (Å²) < 4.78 is 5.32. The normalized spacial score (nSPS) is 29.6. The Balaban J connectivity index is 2.29. The number of carbonyl (C=O) groups is 1. The molecule has 124 valence electrons. The van der Waals surface area contributed by atoms with Gasteiger partial charge in [0.15, 0.2) is 6.29 Å². The van der Waals surface area contributed by atoms with Crippen LogP contribution in [0.5, 0.6) is 0 Å². The monoisotopic (exact) mass is 303 g/mol. The number of carbonyl (C=O) groups excluding carboxylic acids is 1. The Bertz CT molecular complexity index is 315. The van der Waals surface area contributed by atoms with Gasteiger partial charge in [0.25, 0.3) is 0 Å². The fraction of sp³-hybridized carbons (Fsp3) is 0.929. The molecule has 1 rings (SSSR count). The number of amides is 1. The lowest BCUT2D eigenvalue weighted by Gasteiger charge is -2.40. The Labute approximate surface area is 126 Å². The van der Waals surface area contributed by atoms with E-state index in [1.165, 1.54) is 0 Å². The van der Waals surface area contributed by atoms with Crippen molar-refractivity contribution < 1.29 is 19.7 Å². The van der Waals surface area contributed by atoms with Crippen LogP contribution < -0.4 is 10.6 Å². The van der Waals surface area contributed by atoms with Crippen molar-refractivity contribution in [1.29, 1.82) is 0 Å². The minimum absolute atomic E-state index is 0.0864. The first kappa shape index (κ1) is 18.3. The third-order valence-corrected chi connectivity index (χ3v) is 3.71. The highest BCUT2D eigenvalue weighted by Gasteiger charge is 2.37. The van der Waals surface area contributed by atoms with E-state index < -0.39 is 12.4 Å². The molecule has 1 fully saturated rings. The Morgan fingerprint density at radius 2 is 2.10 bits per heavy atom. The molecule has 7 nitrogen and oxygen atoms in total. The van der Waals surface area contributed by atoms with Gasteiger partial charge >= 0.3 is 0 Å². The van der Waals surface area contributed by atoms with Crippen LogP contribution in [0.1, 0.15) is 26.2 Å². The largest absolute Gasteiger partial charge is 0.386 e. The second kappa shape index (κ2) is 9.32. The van der Waals surface area contributed by atoms with Crippen LogP contribution in [0.15, 0.2) is 0 Å². The maximum Gasteiger partial charge on any atom is 0.234 e. The molecule has 1 saturated heterocycles. The van der Waals surface area contributed by atoms with E-state index in [4.69, 9.17) is 4.74 Å². The summed E-state index contributed by atoms with van der Waals surface area (Å²) in [5, 5.41) is 25.4. The van der Waals surface area contributed by atoms with Gasteiger partial charge in [0, 0.05) is 12.6 Å². The van der Waals surface area contributed by atoms with Crippen LogP contribution in [0.2, 0.25) is 0 Å². The van der Waals surface area contributed by atoms with Crippen LogP contribution in [0, 0.1) is 0 Å². The molecule has 0 aromatic rings. The van der Waals surface area contributed by atoms with Crippen LogP contribution in [0.4, 0.5) is 0 Å². The summed E-state index contributed by atoms with van der Waals surface area (Å²) in [5.74, 6) is -0.0864. The minimum Gasteiger partial charge on any atom is -0.386 e. The lowest BCUT2D eigenvalue weighted by atomic mass is 9.98. The van der Waals surface area contributed by atoms with Crippen molar-refractivity contribution in [3.63, 3.8) is 0 Å². The molecule has 0 bridgehead atoms. The summed E-state index contributed by atoms with van der Waals surface area (Å²) in [6.07, 6.45) is 0.271. The van der Waals surface area contributed by atoms with Crippen LogP contribution in [0.25, 0.3) is 0 Å². The van der Waals surface area contributed by atoms with E-state index in [9.17, 15) is 15.0 Å². The third-order valence-electron chi connectivity index (χ3n) is 3.71. The molecule has 0 radical (unpaired) electrons. The van der Waals surface area contributed by atoms with Crippen LogP contribution in [-0.2, 0) is 9.53 Å². The molecular formula is C14H29N3O4. The lowest BCUT2D eigenvalue weighted by molar-refractivity contribution is -0.232. The van der Waals surface area contributed by atoms with Gasteiger partial charge in [-0.15, -0.1) is 0 Å². The van der Waals surface area contributed by atoms with Gasteiger partial charge in [-0.3, -0.25) is 4.79 Å². The number of unbranched alkanes of at least 4 members (excludes halogenated alkanes) is 1. The zero-order valence-electron chi connectivity index (χ0n) is 13.2. The highest BCUT2D eigenvalue weighted by molar-refractivity contribution is 5.77. The van der Waals surface area contributed by atoms with Crippen molar-refractivity contribution in [2.75, 3.05) is 33.7 Å². The van der Waals surface area contributed by atoms with Gasteiger partial charge in [-0.05, 0) is 33.5 Å². The van der Waals surface area contributed by atoms with Gasteiger partial charge in [0.2, 0.25) is 5.91 Å². The van der Waals surface area contributed by atoms with Crippen molar-refractivity contribution in [2.45, 2.75) is 50.7 Å². The highest BCUT2D eigenvalue weighted by Crippen LogP contribution is 2.21. The van der Waals surface area contributed by atoms with E-state index in [0.29, 0.717) is 13.0 Å². The van der Waals surface area contributed by atoms with Crippen molar-refractivity contribution in [3.05, 3.63) is 0 Å². The SMILES string of the molecule is CCCCNCC(=O)NC[C@@H]1CC(N(C)C)C(O)[C@H](O)O1. The molecule has 7 heteroatoms. The average molecular weight is 303 g/mol. The first-order valence-electron chi connectivity index (χ1n) is 7.61. The van der Waals surface area contributed by atoms with Crippen molar-refractivity contribution in [2.24, 2.45) is 0 Å². The van der Waals surface area contributed by atoms with E-state index >= 15 is 0 Å². The Kier molecular flexibility index (Phi) is 8.13. The fourth-order valence-corrected chi connectivity index (χ4v) is 2.37. The van der Waals surface area contributed by atoms with Gasteiger partial charge < -0.3 is 30.5 Å². The smallest absolute Gasteiger partial charge is 0.234 e. The quantitative estimate of drug-likeness (QED) is 0.425. The second-order valence-electron chi connectivity index (χ2n) is 5.74. The first-order valence-corrected chi connectivity index (χ1v) is 7.61. The molecule has 21 heavy (non-hydrogen) atoms. The van der Waals surface area contributed by atoms with Gasteiger partial charge in [-0.1, -0.05) is 13.3 Å². The van der Waals surface area contributed by atoms with E-state index in [1.807, 2.05) is 19.0 Å². The number of likely N-dealkylation sites (N-methyl/N-ethyl adjacent to an activating group) is 1. The number of rotatable bonds is 8. The van der Waals surface area contributed by atoms with Gasteiger partial charge in [0.05, 0.1) is 12.6 Å². The summed E-state index contributed by atoms with van der Waals surface area (Å²) in [4.78, 5) is 13.5. The Hall–Kier alpha value is -0.730. The molecule has 1 amide bonds. The summed E-state index contributed by atoms with van der Waals surface area (Å²) in [6.45, 7) is 3.55. The molecule has 1 aliphatic heterocycles. The topological polar surface area (TPSA) is 94.1 Å². The molecule has 1 aliphatic rings. The number of hydrogen-bond acceptors (Lipinski definition) is 6. The molecular weight excluding hydrogens is 274 g/mol. The Morgan fingerprint density at radius 1 is 1.38 bits per heavy atom. The molecule has 1 heterocycles. The summed E-state index contributed by atoms with van der Waals surface area (Å²) in [6, 6.07) is -0.182. The molecule has 0 aliphatic carbocycles. The maximum atomic E-state index is 11.7. The predicted octanol–water partition coefficient (Wildman–Crippen LogP) is -1.11. The van der Waals surface area contributed by atoms with Gasteiger partial charge in [0.1, 0.15) is 6.10 Å².